The number of likely N-dealkylation sites (tertiary alicyclic amines) is 1. The lowest BCUT2D eigenvalue weighted by Gasteiger charge is -2.33. The van der Waals surface area contributed by atoms with Gasteiger partial charge >= 0.3 is 0 Å². The van der Waals surface area contributed by atoms with Gasteiger partial charge in [-0.15, -0.1) is 0 Å². The highest BCUT2D eigenvalue weighted by molar-refractivity contribution is 6.22. The van der Waals surface area contributed by atoms with Crippen molar-refractivity contribution in [2.24, 2.45) is 16.8 Å². The number of hydrogen-bond acceptors (Lipinski definition) is 4. The third-order valence-electron chi connectivity index (χ3n) is 7.25. The average molecular weight is 467 g/mol. The molecule has 0 radical (unpaired) electrons. The van der Waals surface area contributed by atoms with Crippen LogP contribution in [0.2, 0.25) is 0 Å². The van der Waals surface area contributed by atoms with Gasteiger partial charge in [0, 0.05) is 28.7 Å². The van der Waals surface area contributed by atoms with E-state index in [-0.39, 0.29) is 5.88 Å². The molecule has 0 bridgehead atoms. The molecule has 0 saturated carbocycles. The highest BCUT2D eigenvalue weighted by Crippen LogP contribution is 2.33. The van der Waals surface area contributed by atoms with Gasteiger partial charge < -0.3 is 15.8 Å². The van der Waals surface area contributed by atoms with Crippen molar-refractivity contribution in [1.29, 1.82) is 0 Å². The molecule has 3 aromatic carbocycles. The summed E-state index contributed by atoms with van der Waals surface area (Å²) >= 11 is 0. The van der Waals surface area contributed by atoms with Crippen molar-refractivity contribution >= 4 is 28.0 Å². The Balaban J connectivity index is 1.44. The lowest BCUT2D eigenvalue weighted by atomic mass is 9.86. The molecule has 1 saturated heterocycles. The van der Waals surface area contributed by atoms with Gasteiger partial charge in [0.2, 0.25) is 0 Å². The Morgan fingerprint density at radius 3 is 2.43 bits per heavy atom. The summed E-state index contributed by atoms with van der Waals surface area (Å²) in [5.74, 6) is 1.73. The molecule has 2 heterocycles. The van der Waals surface area contributed by atoms with Gasteiger partial charge in [0.05, 0.1) is 17.0 Å². The summed E-state index contributed by atoms with van der Waals surface area (Å²) in [4.78, 5) is 10.6. The number of aromatic amines is 1. The molecule has 0 unspecified atom stereocenters. The predicted octanol–water partition coefficient (Wildman–Crippen LogP) is 6.49. The van der Waals surface area contributed by atoms with E-state index < -0.39 is 0 Å². The number of nitrogens with zero attached hydrogens (tertiary/aromatic N) is 2. The Hall–Kier alpha value is -3.57. The van der Waals surface area contributed by atoms with Crippen LogP contribution in [0.4, 0.5) is 11.4 Å². The van der Waals surface area contributed by atoms with Crippen LogP contribution in [-0.4, -0.2) is 33.8 Å². The fourth-order valence-electron chi connectivity index (χ4n) is 5.14. The molecular formula is C30H34N4O. The van der Waals surface area contributed by atoms with Crippen molar-refractivity contribution < 1.29 is 5.11 Å². The van der Waals surface area contributed by atoms with Crippen molar-refractivity contribution in [1.82, 2.24) is 9.88 Å². The quantitative estimate of drug-likeness (QED) is 0.224. The number of H-pyrrole nitrogens is 1. The Kier molecular flexibility index (Phi) is 6.60. The maximum Gasteiger partial charge on any atom is 0.199 e. The van der Waals surface area contributed by atoms with Crippen LogP contribution in [0.25, 0.3) is 10.9 Å². The number of nitrogen functional groups attached to an aromatic ring is 1. The summed E-state index contributed by atoms with van der Waals surface area (Å²) in [5, 5.41) is 11.7. The third-order valence-corrected chi connectivity index (χ3v) is 7.25. The molecule has 5 heteroatoms. The van der Waals surface area contributed by atoms with Crippen LogP contribution in [0.1, 0.15) is 43.4 Å². The molecule has 5 nitrogen and oxygen atoms in total. The largest absolute Gasteiger partial charge is 0.494 e. The summed E-state index contributed by atoms with van der Waals surface area (Å²) in [6.07, 6.45) is 2.58. The second kappa shape index (κ2) is 9.96. The maximum atomic E-state index is 10.8. The maximum absolute atomic E-state index is 10.8. The molecule has 0 atom stereocenters. The van der Waals surface area contributed by atoms with Gasteiger partial charge in [0.15, 0.2) is 5.88 Å². The fraction of sp³-hybridized carbons (Fsp3) is 0.300. The van der Waals surface area contributed by atoms with E-state index in [2.05, 4.69) is 48.0 Å². The summed E-state index contributed by atoms with van der Waals surface area (Å²) < 4.78 is 0. The molecule has 0 spiro atoms. The molecule has 1 aliphatic heterocycles. The van der Waals surface area contributed by atoms with Crippen LogP contribution < -0.4 is 5.73 Å². The van der Waals surface area contributed by atoms with E-state index >= 15 is 0 Å². The Labute approximate surface area is 207 Å². The van der Waals surface area contributed by atoms with Crippen LogP contribution in [0.3, 0.4) is 0 Å². The molecule has 0 aliphatic carbocycles. The number of hydrogen-bond donors (Lipinski definition) is 3. The van der Waals surface area contributed by atoms with E-state index in [0.29, 0.717) is 17.0 Å². The zero-order valence-electron chi connectivity index (χ0n) is 20.5. The van der Waals surface area contributed by atoms with E-state index in [0.717, 1.165) is 40.5 Å². The summed E-state index contributed by atoms with van der Waals surface area (Å²) in [6.45, 7) is 8.00. The van der Waals surface area contributed by atoms with Crippen LogP contribution in [0.5, 0.6) is 5.88 Å². The van der Waals surface area contributed by atoms with Crippen molar-refractivity contribution in [3.05, 3.63) is 89.5 Å². The number of nitrogens with two attached hydrogens (primary N) is 1. The van der Waals surface area contributed by atoms with Gasteiger partial charge in [-0.1, -0.05) is 56.3 Å². The molecule has 4 N–H and O–H groups in total. The van der Waals surface area contributed by atoms with Crippen LogP contribution in [0.15, 0.2) is 77.8 Å². The molecule has 4 aromatic rings. The molecule has 1 aromatic heterocycles. The molecule has 5 rings (SSSR count). The highest BCUT2D eigenvalue weighted by atomic mass is 16.3. The first kappa shape index (κ1) is 23.2. The molecule has 1 fully saturated rings. The van der Waals surface area contributed by atoms with E-state index in [1.807, 2.05) is 48.5 Å². The van der Waals surface area contributed by atoms with Gasteiger partial charge in [-0.3, -0.25) is 4.90 Å². The first-order valence-corrected chi connectivity index (χ1v) is 12.5. The van der Waals surface area contributed by atoms with Gasteiger partial charge in [0.1, 0.15) is 0 Å². The first-order chi connectivity index (χ1) is 17.0. The van der Waals surface area contributed by atoms with E-state index in [1.54, 1.807) is 0 Å². The van der Waals surface area contributed by atoms with E-state index in [1.165, 1.54) is 31.5 Å². The smallest absolute Gasteiger partial charge is 0.199 e. The van der Waals surface area contributed by atoms with Crippen molar-refractivity contribution in [2.75, 3.05) is 18.8 Å². The normalized spacial score (nSPS) is 15.8. The second-order valence-electron chi connectivity index (χ2n) is 10.0. The summed E-state index contributed by atoms with van der Waals surface area (Å²) in [6, 6.07) is 24.0. The van der Waals surface area contributed by atoms with Gasteiger partial charge in [-0.2, -0.15) is 0 Å². The molecule has 35 heavy (non-hydrogen) atoms. The zero-order valence-corrected chi connectivity index (χ0v) is 20.5. The second-order valence-corrected chi connectivity index (χ2v) is 10.0. The molecular weight excluding hydrogens is 432 g/mol. The minimum absolute atomic E-state index is 0.0922. The lowest BCUT2D eigenvalue weighted by Crippen LogP contribution is -2.34. The monoisotopic (exact) mass is 466 g/mol. The predicted molar refractivity (Wildman–Crippen MR) is 145 cm³/mol. The average Bonchev–Trinajstić information content (AvgIpc) is 3.19. The minimum atomic E-state index is 0.0922. The van der Waals surface area contributed by atoms with E-state index in [9.17, 15) is 5.11 Å². The Morgan fingerprint density at radius 1 is 1.03 bits per heavy atom. The number of fused-ring (bicyclic) bond motifs is 1. The Bertz CT molecular complexity index is 1310. The van der Waals surface area contributed by atoms with Crippen molar-refractivity contribution in [2.45, 2.75) is 33.2 Å². The van der Waals surface area contributed by atoms with Gasteiger partial charge in [-0.25, -0.2) is 4.99 Å². The lowest BCUT2D eigenvalue weighted by molar-refractivity contribution is 0.152. The Morgan fingerprint density at radius 2 is 1.74 bits per heavy atom. The first-order valence-electron chi connectivity index (χ1n) is 12.5. The van der Waals surface area contributed by atoms with Crippen LogP contribution in [-0.2, 0) is 6.54 Å². The summed E-state index contributed by atoms with van der Waals surface area (Å²) in [7, 11) is 0. The summed E-state index contributed by atoms with van der Waals surface area (Å²) in [5.41, 5.74) is 12.0. The van der Waals surface area contributed by atoms with Gasteiger partial charge in [0.25, 0.3) is 0 Å². The van der Waals surface area contributed by atoms with Crippen LogP contribution in [0, 0.1) is 11.8 Å². The minimum Gasteiger partial charge on any atom is -0.494 e. The number of piperidine rings is 1. The molecule has 1 aliphatic rings. The SMILES string of the molecule is CC(C)C1CCN(Cc2ccc(N=C(c3ccccc3)c3c(O)[nH]c4ccc(N)cc34)cc2)CC1. The number of aromatic hydroxyl groups is 1. The molecule has 0 amide bonds. The third kappa shape index (κ3) is 5.10. The topological polar surface area (TPSA) is 77.6 Å². The van der Waals surface area contributed by atoms with E-state index in [4.69, 9.17) is 10.7 Å². The number of aliphatic imine (C=N–C) groups is 1. The zero-order chi connectivity index (χ0) is 24.4. The number of nitrogens with one attached hydrogen (secondary N) is 1. The van der Waals surface area contributed by atoms with Crippen LogP contribution >= 0.6 is 0 Å². The molecule has 180 valence electrons. The number of benzene rings is 3. The number of anilines is 1. The van der Waals surface area contributed by atoms with Crippen molar-refractivity contribution in [3.8, 4) is 5.88 Å². The standard InChI is InChI=1S/C30H34N4O/c1-20(2)22-14-16-34(17-15-22)19-21-8-11-25(12-9-21)32-29(23-6-4-3-5-7-23)28-26-18-24(31)10-13-27(26)33-30(28)35/h3-13,18,20,22,33,35H,14-17,19,31H2,1-2H3. The fourth-order valence-corrected chi connectivity index (χ4v) is 5.14. The number of aromatic nitrogens is 1. The van der Waals surface area contributed by atoms with Gasteiger partial charge in [-0.05, 0) is 73.7 Å². The van der Waals surface area contributed by atoms with Crippen molar-refractivity contribution in [3.63, 3.8) is 0 Å². The highest BCUT2D eigenvalue weighted by Gasteiger charge is 2.22. The number of rotatable bonds is 6.